The quantitative estimate of drug-likeness (QED) is 0.769. The first-order valence-corrected chi connectivity index (χ1v) is 6.20. The molecule has 0 aliphatic heterocycles. The van der Waals surface area contributed by atoms with Crippen LogP contribution < -0.4 is 9.47 Å². The summed E-state index contributed by atoms with van der Waals surface area (Å²) in [7, 11) is 4.86. The number of nitrogens with zero attached hydrogens (tertiary/aromatic N) is 1. The maximum atomic E-state index is 11.4. The fourth-order valence-corrected chi connectivity index (χ4v) is 1.55. The van der Waals surface area contributed by atoms with Gasteiger partial charge >= 0.3 is 5.97 Å². The number of carboxylic acid groups (broad SMARTS) is 1. The van der Waals surface area contributed by atoms with Crippen LogP contribution in [0, 0.1) is 0 Å². The summed E-state index contributed by atoms with van der Waals surface area (Å²) in [4.78, 5) is 23.7. The minimum atomic E-state index is -1.02. The average Bonchev–Trinajstić information content (AvgIpc) is 2.42. The number of carboxylic acids is 1. The van der Waals surface area contributed by atoms with Gasteiger partial charge in [0.2, 0.25) is 5.91 Å². The van der Waals surface area contributed by atoms with E-state index in [1.165, 1.54) is 24.1 Å². The van der Waals surface area contributed by atoms with Gasteiger partial charge in [-0.15, -0.1) is 0 Å². The van der Waals surface area contributed by atoms with Crippen molar-refractivity contribution >= 4 is 11.9 Å². The fourth-order valence-electron chi connectivity index (χ4n) is 1.55. The molecule has 0 radical (unpaired) electrons. The minimum Gasteiger partial charge on any atom is -0.493 e. The number of carbonyl (C=O) groups is 2. The number of methoxy groups -OCH3 is 1. The number of ether oxygens (including phenoxy) is 2. The molecule has 0 aromatic heterocycles. The van der Waals surface area contributed by atoms with E-state index in [0.717, 1.165) is 0 Å². The highest BCUT2D eigenvalue weighted by Gasteiger charge is 2.10. The highest BCUT2D eigenvalue weighted by atomic mass is 16.5. The molecule has 20 heavy (non-hydrogen) atoms. The van der Waals surface area contributed by atoms with Crippen molar-refractivity contribution < 1.29 is 24.2 Å². The molecule has 0 aliphatic rings. The van der Waals surface area contributed by atoms with Gasteiger partial charge in [0, 0.05) is 20.5 Å². The summed E-state index contributed by atoms with van der Waals surface area (Å²) in [5.41, 5.74) is 0.136. The zero-order chi connectivity index (χ0) is 15.1. The predicted octanol–water partition coefficient (Wildman–Crippen LogP) is 1.64. The van der Waals surface area contributed by atoms with E-state index in [4.69, 9.17) is 14.6 Å². The second kappa shape index (κ2) is 7.37. The lowest BCUT2D eigenvalue weighted by Gasteiger charge is -2.12. The number of carbonyl (C=O) groups excluding carboxylic acids is 1. The van der Waals surface area contributed by atoms with Crippen molar-refractivity contribution in [3.05, 3.63) is 23.8 Å². The number of amides is 1. The van der Waals surface area contributed by atoms with Gasteiger partial charge in [0.15, 0.2) is 11.5 Å². The van der Waals surface area contributed by atoms with Crippen molar-refractivity contribution in [2.24, 2.45) is 0 Å². The third-order valence-electron chi connectivity index (χ3n) is 2.70. The fraction of sp³-hybridized carbons (Fsp3) is 0.429. The number of hydrogen-bond donors (Lipinski definition) is 1. The number of rotatable bonds is 7. The summed E-state index contributed by atoms with van der Waals surface area (Å²) >= 11 is 0. The van der Waals surface area contributed by atoms with Crippen molar-refractivity contribution in [1.82, 2.24) is 4.90 Å². The molecule has 1 N–H and O–H groups in total. The van der Waals surface area contributed by atoms with Gasteiger partial charge in [0.25, 0.3) is 0 Å². The van der Waals surface area contributed by atoms with Crippen LogP contribution in [-0.2, 0) is 4.79 Å². The summed E-state index contributed by atoms with van der Waals surface area (Å²) in [6.45, 7) is 0.363. The standard InChI is InChI=1S/C14H19NO5/c1-15(2)13(16)5-4-8-20-11-7-6-10(14(17)18)9-12(11)19-3/h6-7,9H,4-5,8H2,1-3H3,(H,17,18). The number of aromatic carboxylic acids is 1. The molecule has 1 amide bonds. The Hall–Kier alpha value is -2.24. The van der Waals surface area contributed by atoms with Crippen molar-refractivity contribution in [3.8, 4) is 11.5 Å². The molecule has 0 saturated heterocycles. The summed E-state index contributed by atoms with van der Waals surface area (Å²) in [6, 6.07) is 4.41. The summed E-state index contributed by atoms with van der Waals surface area (Å²) in [6.07, 6.45) is 0.989. The SMILES string of the molecule is COc1cc(C(=O)O)ccc1OCCCC(=O)N(C)C. The van der Waals surface area contributed by atoms with Gasteiger partial charge in [0.05, 0.1) is 19.3 Å². The zero-order valence-corrected chi connectivity index (χ0v) is 11.9. The van der Waals surface area contributed by atoms with E-state index in [9.17, 15) is 9.59 Å². The molecule has 0 saturated carbocycles. The number of hydrogen-bond acceptors (Lipinski definition) is 4. The van der Waals surface area contributed by atoms with Gasteiger partial charge in [-0.25, -0.2) is 4.79 Å². The molecule has 6 nitrogen and oxygen atoms in total. The van der Waals surface area contributed by atoms with E-state index < -0.39 is 5.97 Å². The Balaban J connectivity index is 2.55. The second-order valence-corrected chi connectivity index (χ2v) is 4.41. The van der Waals surface area contributed by atoms with Crippen LogP contribution in [0.2, 0.25) is 0 Å². The topological polar surface area (TPSA) is 76.1 Å². The Kier molecular flexibility index (Phi) is 5.83. The van der Waals surface area contributed by atoms with E-state index in [1.54, 1.807) is 20.2 Å². The molecular formula is C14H19NO5. The van der Waals surface area contributed by atoms with Crippen molar-refractivity contribution in [1.29, 1.82) is 0 Å². The van der Waals surface area contributed by atoms with E-state index in [0.29, 0.717) is 30.9 Å². The second-order valence-electron chi connectivity index (χ2n) is 4.41. The van der Waals surface area contributed by atoms with E-state index in [-0.39, 0.29) is 11.5 Å². The highest BCUT2D eigenvalue weighted by molar-refractivity contribution is 5.88. The molecule has 0 fully saturated rings. The molecule has 1 aromatic carbocycles. The Morgan fingerprint density at radius 1 is 1.25 bits per heavy atom. The summed E-state index contributed by atoms with van der Waals surface area (Å²) in [5.74, 6) is -0.146. The van der Waals surface area contributed by atoms with Gasteiger partial charge in [-0.05, 0) is 24.6 Å². The Morgan fingerprint density at radius 3 is 2.50 bits per heavy atom. The monoisotopic (exact) mass is 281 g/mol. The lowest BCUT2D eigenvalue weighted by molar-refractivity contribution is -0.128. The Labute approximate surface area is 117 Å². The van der Waals surface area contributed by atoms with Crippen LogP contribution in [0.15, 0.2) is 18.2 Å². The van der Waals surface area contributed by atoms with Gasteiger partial charge < -0.3 is 19.5 Å². The lowest BCUT2D eigenvalue weighted by Crippen LogP contribution is -2.21. The van der Waals surface area contributed by atoms with Crippen molar-refractivity contribution in [2.75, 3.05) is 27.8 Å². The third kappa shape index (κ3) is 4.46. The normalized spacial score (nSPS) is 9.95. The molecule has 0 heterocycles. The van der Waals surface area contributed by atoms with E-state index >= 15 is 0 Å². The smallest absolute Gasteiger partial charge is 0.335 e. The number of benzene rings is 1. The van der Waals surface area contributed by atoms with Crippen LogP contribution in [0.5, 0.6) is 11.5 Å². The summed E-state index contributed by atoms with van der Waals surface area (Å²) in [5, 5.41) is 8.88. The van der Waals surface area contributed by atoms with Gasteiger partial charge in [0.1, 0.15) is 0 Å². The first kappa shape index (κ1) is 15.8. The predicted molar refractivity (Wildman–Crippen MR) is 73.4 cm³/mol. The van der Waals surface area contributed by atoms with Crippen LogP contribution in [0.3, 0.4) is 0 Å². The minimum absolute atomic E-state index is 0.0433. The molecule has 0 unspecified atom stereocenters. The maximum absolute atomic E-state index is 11.4. The van der Waals surface area contributed by atoms with E-state index in [2.05, 4.69) is 0 Å². The average molecular weight is 281 g/mol. The lowest BCUT2D eigenvalue weighted by atomic mass is 10.2. The molecular weight excluding hydrogens is 262 g/mol. The Bertz CT molecular complexity index is 484. The molecule has 110 valence electrons. The molecule has 0 aliphatic carbocycles. The molecule has 0 atom stereocenters. The zero-order valence-electron chi connectivity index (χ0n) is 11.9. The first-order chi connectivity index (χ1) is 9.45. The van der Waals surface area contributed by atoms with Crippen LogP contribution in [0.1, 0.15) is 23.2 Å². The van der Waals surface area contributed by atoms with Gasteiger partial charge in [-0.3, -0.25) is 4.79 Å². The van der Waals surface area contributed by atoms with Crippen LogP contribution in [0.4, 0.5) is 0 Å². The van der Waals surface area contributed by atoms with Crippen molar-refractivity contribution in [2.45, 2.75) is 12.8 Å². The van der Waals surface area contributed by atoms with Gasteiger partial charge in [-0.1, -0.05) is 0 Å². The molecule has 0 spiro atoms. The van der Waals surface area contributed by atoms with E-state index in [1.807, 2.05) is 0 Å². The van der Waals surface area contributed by atoms with Crippen molar-refractivity contribution in [3.63, 3.8) is 0 Å². The third-order valence-corrected chi connectivity index (χ3v) is 2.70. The highest BCUT2D eigenvalue weighted by Crippen LogP contribution is 2.28. The Morgan fingerprint density at radius 2 is 1.95 bits per heavy atom. The first-order valence-electron chi connectivity index (χ1n) is 6.20. The molecule has 1 aromatic rings. The van der Waals surface area contributed by atoms with Gasteiger partial charge in [-0.2, -0.15) is 0 Å². The van der Waals surface area contributed by atoms with Crippen LogP contribution in [0.25, 0.3) is 0 Å². The largest absolute Gasteiger partial charge is 0.493 e. The summed E-state index contributed by atoms with van der Waals surface area (Å²) < 4.78 is 10.6. The molecule has 1 rings (SSSR count). The molecule has 6 heteroatoms. The van der Waals surface area contributed by atoms with Crippen LogP contribution in [-0.4, -0.2) is 49.7 Å². The van der Waals surface area contributed by atoms with Crippen LogP contribution >= 0.6 is 0 Å². The molecule has 0 bridgehead atoms. The maximum Gasteiger partial charge on any atom is 0.335 e.